The molecular formula is C17H11Cl3N2O3. The number of nitrogens with zero attached hydrogens (tertiary/aromatic N) is 2. The highest BCUT2D eigenvalue weighted by Gasteiger charge is 2.14. The van der Waals surface area contributed by atoms with Gasteiger partial charge in [-0.15, -0.1) is 0 Å². The molecule has 0 unspecified atom stereocenters. The zero-order valence-corrected chi connectivity index (χ0v) is 15.0. The topological polar surface area (TPSA) is 61.2 Å². The summed E-state index contributed by atoms with van der Waals surface area (Å²) in [5.74, 6) is -0.534. The molecule has 25 heavy (non-hydrogen) atoms. The van der Waals surface area contributed by atoms with E-state index in [1.807, 2.05) is 0 Å². The summed E-state index contributed by atoms with van der Waals surface area (Å²) in [6, 6.07) is 9.85. The molecule has 0 atom stereocenters. The minimum Gasteiger partial charge on any atom is -0.423 e. The average molecular weight is 398 g/mol. The Hall–Kier alpha value is -2.08. The fourth-order valence-corrected chi connectivity index (χ4v) is 3.16. The van der Waals surface area contributed by atoms with Gasteiger partial charge in [0.2, 0.25) is 0 Å². The normalized spacial score (nSPS) is 10.8. The van der Waals surface area contributed by atoms with E-state index in [1.54, 1.807) is 24.3 Å². The molecular weight excluding hydrogens is 387 g/mol. The van der Waals surface area contributed by atoms with Crippen molar-refractivity contribution >= 4 is 51.7 Å². The van der Waals surface area contributed by atoms with Crippen LogP contribution in [0.1, 0.15) is 6.42 Å². The summed E-state index contributed by atoms with van der Waals surface area (Å²) in [4.78, 5) is 28.6. The van der Waals surface area contributed by atoms with Crippen LogP contribution in [0.3, 0.4) is 0 Å². The quantitative estimate of drug-likeness (QED) is 0.485. The molecule has 0 fully saturated rings. The second-order valence-electron chi connectivity index (χ2n) is 5.18. The highest BCUT2D eigenvalue weighted by Crippen LogP contribution is 2.35. The van der Waals surface area contributed by atoms with E-state index in [4.69, 9.17) is 39.5 Å². The molecule has 0 spiro atoms. The number of carbonyl (C=O) groups excluding carboxylic acids is 1. The molecule has 3 rings (SSSR count). The number of ether oxygens (including phenoxy) is 1. The van der Waals surface area contributed by atoms with Crippen molar-refractivity contribution in [2.75, 3.05) is 0 Å². The fraction of sp³-hybridized carbons (Fsp3) is 0.118. The number of rotatable bonds is 4. The minimum absolute atomic E-state index is 0.0433. The maximum atomic E-state index is 12.4. The Labute approximate surface area is 157 Å². The van der Waals surface area contributed by atoms with Crippen LogP contribution >= 0.6 is 34.8 Å². The van der Waals surface area contributed by atoms with Crippen LogP contribution in [-0.4, -0.2) is 15.5 Å². The van der Waals surface area contributed by atoms with E-state index < -0.39 is 5.97 Å². The largest absolute Gasteiger partial charge is 0.423 e. The third-order valence-corrected chi connectivity index (χ3v) is 4.25. The van der Waals surface area contributed by atoms with E-state index in [0.717, 1.165) is 0 Å². The van der Waals surface area contributed by atoms with Gasteiger partial charge in [-0.2, -0.15) is 0 Å². The molecule has 1 heterocycles. The van der Waals surface area contributed by atoms with Crippen molar-refractivity contribution in [1.82, 2.24) is 9.55 Å². The van der Waals surface area contributed by atoms with Crippen molar-refractivity contribution in [2.45, 2.75) is 13.0 Å². The van der Waals surface area contributed by atoms with Crippen LogP contribution in [0, 0.1) is 0 Å². The van der Waals surface area contributed by atoms with Crippen LogP contribution in [0.25, 0.3) is 10.9 Å². The highest BCUT2D eigenvalue weighted by molar-refractivity contribution is 6.40. The van der Waals surface area contributed by atoms with Crippen molar-refractivity contribution in [2.24, 2.45) is 0 Å². The Bertz CT molecular complexity index is 994. The number of para-hydroxylation sites is 1. The Balaban J connectivity index is 1.73. The first-order valence-corrected chi connectivity index (χ1v) is 8.38. The highest BCUT2D eigenvalue weighted by atomic mass is 35.5. The Morgan fingerprint density at radius 1 is 1.12 bits per heavy atom. The van der Waals surface area contributed by atoms with Crippen molar-refractivity contribution in [3.8, 4) is 5.75 Å². The Morgan fingerprint density at radius 3 is 2.52 bits per heavy atom. The standard InChI is InChI=1S/C17H11Cl3N2O3/c18-10-7-12(19)16(13(20)8-10)25-15(23)5-6-22-9-21-14-4-2-1-3-11(14)17(22)24/h1-4,7-9H,5-6H2. The summed E-state index contributed by atoms with van der Waals surface area (Å²) in [6.45, 7) is 0.123. The lowest BCUT2D eigenvalue weighted by atomic mass is 10.2. The van der Waals surface area contributed by atoms with Gasteiger partial charge >= 0.3 is 5.97 Å². The van der Waals surface area contributed by atoms with Crippen molar-refractivity contribution < 1.29 is 9.53 Å². The summed E-state index contributed by atoms with van der Waals surface area (Å²) < 4.78 is 6.54. The van der Waals surface area contributed by atoms with Gasteiger partial charge in [-0.25, -0.2) is 4.98 Å². The lowest BCUT2D eigenvalue weighted by molar-refractivity contribution is -0.134. The fourth-order valence-electron chi connectivity index (χ4n) is 2.27. The molecule has 5 nitrogen and oxygen atoms in total. The molecule has 0 saturated carbocycles. The molecule has 8 heteroatoms. The minimum atomic E-state index is -0.578. The lowest BCUT2D eigenvalue weighted by Gasteiger charge is -2.10. The number of hydrogen-bond acceptors (Lipinski definition) is 4. The number of carbonyl (C=O) groups is 1. The third-order valence-electron chi connectivity index (χ3n) is 3.47. The second kappa shape index (κ2) is 7.44. The van der Waals surface area contributed by atoms with Crippen LogP contribution in [0.4, 0.5) is 0 Å². The van der Waals surface area contributed by atoms with Gasteiger partial charge in [-0.3, -0.25) is 14.2 Å². The van der Waals surface area contributed by atoms with E-state index in [-0.39, 0.29) is 34.3 Å². The molecule has 3 aromatic rings. The molecule has 0 aliphatic carbocycles. The summed E-state index contributed by atoms with van der Waals surface area (Å²) in [6.07, 6.45) is 1.36. The van der Waals surface area contributed by atoms with Crippen molar-refractivity contribution in [3.05, 3.63) is 68.1 Å². The van der Waals surface area contributed by atoms with Crippen LogP contribution in [-0.2, 0) is 11.3 Å². The van der Waals surface area contributed by atoms with Gasteiger partial charge in [0.15, 0.2) is 5.75 Å². The number of fused-ring (bicyclic) bond motifs is 1. The molecule has 0 N–H and O–H groups in total. The molecule has 0 aliphatic rings. The monoisotopic (exact) mass is 396 g/mol. The number of benzene rings is 2. The molecule has 2 aromatic carbocycles. The van der Waals surface area contributed by atoms with Crippen LogP contribution in [0.15, 0.2) is 47.5 Å². The number of aromatic nitrogens is 2. The van der Waals surface area contributed by atoms with Gasteiger partial charge in [0, 0.05) is 11.6 Å². The van der Waals surface area contributed by atoms with Gasteiger partial charge in [-0.1, -0.05) is 46.9 Å². The maximum absolute atomic E-state index is 12.4. The number of aryl methyl sites for hydroxylation is 1. The predicted molar refractivity (Wildman–Crippen MR) is 97.7 cm³/mol. The number of esters is 1. The Kier molecular flexibility index (Phi) is 5.27. The zero-order valence-electron chi connectivity index (χ0n) is 12.7. The van der Waals surface area contributed by atoms with Gasteiger partial charge in [0.25, 0.3) is 5.56 Å². The van der Waals surface area contributed by atoms with Crippen molar-refractivity contribution in [1.29, 1.82) is 0 Å². The van der Waals surface area contributed by atoms with Gasteiger partial charge < -0.3 is 4.74 Å². The van der Waals surface area contributed by atoms with Gasteiger partial charge in [0.05, 0.1) is 33.7 Å². The maximum Gasteiger partial charge on any atom is 0.313 e. The lowest BCUT2D eigenvalue weighted by Crippen LogP contribution is -2.23. The first-order chi connectivity index (χ1) is 12.0. The zero-order chi connectivity index (χ0) is 18.0. The van der Waals surface area contributed by atoms with E-state index in [9.17, 15) is 9.59 Å². The summed E-state index contributed by atoms with van der Waals surface area (Å²) in [7, 11) is 0. The first-order valence-electron chi connectivity index (χ1n) is 7.25. The number of halogens is 3. The molecule has 0 bridgehead atoms. The average Bonchev–Trinajstić information content (AvgIpc) is 2.58. The van der Waals surface area contributed by atoms with E-state index in [0.29, 0.717) is 15.9 Å². The first kappa shape index (κ1) is 17.7. The second-order valence-corrected chi connectivity index (χ2v) is 6.43. The van der Waals surface area contributed by atoms with E-state index in [2.05, 4.69) is 4.98 Å². The van der Waals surface area contributed by atoms with E-state index >= 15 is 0 Å². The molecule has 0 radical (unpaired) electrons. The molecule has 128 valence electrons. The SMILES string of the molecule is O=C(CCn1cnc2ccccc2c1=O)Oc1c(Cl)cc(Cl)cc1Cl. The Morgan fingerprint density at radius 2 is 1.80 bits per heavy atom. The van der Waals surface area contributed by atoms with E-state index in [1.165, 1.54) is 23.0 Å². The number of hydrogen-bond donors (Lipinski definition) is 0. The van der Waals surface area contributed by atoms with Gasteiger partial charge in [0.1, 0.15) is 0 Å². The molecule has 0 saturated heterocycles. The molecule has 0 aliphatic heterocycles. The summed E-state index contributed by atoms with van der Waals surface area (Å²) in [5, 5.41) is 1.09. The third kappa shape index (κ3) is 3.95. The van der Waals surface area contributed by atoms with Gasteiger partial charge in [-0.05, 0) is 24.3 Å². The van der Waals surface area contributed by atoms with Crippen LogP contribution in [0.5, 0.6) is 5.75 Å². The summed E-state index contributed by atoms with van der Waals surface area (Å²) >= 11 is 17.8. The molecule has 1 aromatic heterocycles. The smallest absolute Gasteiger partial charge is 0.313 e. The molecule has 0 amide bonds. The summed E-state index contributed by atoms with van der Waals surface area (Å²) in [5.41, 5.74) is 0.381. The van der Waals surface area contributed by atoms with Crippen LogP contribution in [0.2, 0.25) is 15.1 Å². The van der Waals surface area contributed by atoms with Crippen LogP contribution < -0.4 is 10.3 Å². The van der Waals surface area contributed by atoms with Crippen molar-refractivity contribution in [3.63, 3.8) is 0 Å². The predicted octanol–water partition coefficient (Wildman–Crippen LogP) is 4.35.